The molecule has 2 aromatic carbocycles. The fourth-order valence-electron chi connectivity index (χ4n) is 3.05. The first-order valence-electron chi connectivity index (χ1n) is 10.2. The Bertz CT molecular complexity index is 811. The van der Waals surface area contributed by atoms with Crippen molar-refractivity contribution in [2.45, 2.75) is 57.3 Å². The molecule has 0 radical (unpaired) electrons. The van der Waals surface area contributed by atoms with E-state index >= 15 is 0 Å². The first-order valence-corrected chi connectivity index (χ1v) is 12.2. The molecule has 30 heavy (non-hydrogen) atoms. The number of ether oxygens (including phenoxy) is 2. The predicted octanol–water partition coefficient (Wildman–Crippen LogP) is 6.64. The van der Waals surface area contributed by atoms with Gasteiger partial charge in [-0.15, -0.1) is 23.5 Å². The van der Waals surface area contributed by atoms with E-state index in [1.165, 1.54) is 12.1 Å². The zero-order valence-corrected chi connectivity index (χ0v) is 20.2. The summed E-state index contributed by atoms with van der Waals surface area (Å²) < 4.78 is 24.4. The number of halogens is 1. The van der Waals surface area contributed by atoms with Crippen LogP contribution in [-0.2, 0) is 13.6 Å². The fourth-order valence-corrected chi connectivity index (χ4v) is 6.12. The molecular weight excluding hydrogens is 419 g/mol. The Hall–Kier alpha value is -1.66. The molecule has 164 valence electrons. The second-order valence-corrected chi connectivity index (χ2v) is 10.8. The number of esters is 1. The lowest BCUT2D eigenvalue weighted by molar-refractivity contribution is -0.163. The zero-order chi connectivity index (χ0) is 22.4. The standard InChI is InChI=1S/C24H31FO3S2/c1-7-29-24(30-8-2,18-9-13-20(25)14-10-18)19-11-15-21(16-12-19)28-23(5,6)22(26)27-17(3)4/h9-17H,7-8H2,1-6H3. The second-order valence-electron chi connectivity index (χ2n) is 7.58. The van der Waals surface area contributed by atoms with E-state index in [9.17, 15) is 9.18 Å². The molecular formula is C24H31FO3S2. The lowest BCUT2D eigenvalue weighted by Crippen LogP contribution is -2.40. The Morgan fingerprint density at radius 2 is 1.40 bits per heavy atom. The largest absolute Gasteiger partial charge is 0.476 e. The smallest absolute Gasteiger partial charge is 0.350 e. The number of carbonyl (C=O) groups is 1. The number of hydrogen-bond acceptors (Lipinski definition) is 5. The molecule has 0 spiro atoms. The first-order chi connectivity index (χ1) is 14.1. The second kappa shape index (κ2) is 10.6. The minimum absolute atomic E-state index is 0.198. The van der Waals surface area contributed by atoms with Crippen molar-refractivity contribution in [1.82, 2.24) is 0 Å². The number of benzene rings is 2. The third kappa shape index (κ3) is 5.94. The highest BCUT2D eigenvalue weighted by Crippen LogP contribution is 2.52. The summed E-state index contributed by atoms with van der Waals surface area (Å²) in [6, 6.07) is 14.5. The third-order valence-corrected chi connectivity index (χ3v) is 7.40. The molecule has 3 nitrogen and oxygen atoms in total. The number of rotatable bonds is 10. The summed E-state index contributed by atoms with van der Waals surface area (Å²) in [4.78, 5) is 12.3. The zero-order valence-electron chi connectivity index (χ0n) is 18.5. The van der Waals surface area contributed by atoms with Crippen LogP contribution >= 0.6 is 23.5 Å². The molecule has 0 aromatic heterocycles. The quantitative estimate of drug-likeness (QED) is 0.299. The molecule has 0 aliphatic heterocycles. The summed E-state index contributed by atoms with van der Waals surface area (Å²) in [5, 5.41) is 0. The summed E-state index contributed by atoms with van der Waals surface area (Å²) in [5.41, 5.74) is 1.07. The summed E-state index contributed by atoms with van der Waals surface area (Å²) in [5.74, 6) is 1.79. The summed E-state index contributed by atoms with van der Waals surface area (Å²) in [6.07, 6.45) is -0.198. The van der Waals surface area contributed by atoms with Crippen LogP contribution in [0.3, 0.4) is 0 Å². The molecule has 0 fully saturated rings. The monoisotopic (exact) mass is 450 g/mol. The number of thioether (sulfide) groups is 2. The van der Waals surface area contributed by atoms with Crippen LogP contribution in [0.5, 0.6) is 5.75 Å². The van der Waals surface area contributed by atoms with Gasteiger partial charge in [0.05, 0.1) is 6.10 Å². The van der Waals surface area contributed by atoms with Crippen LogP contribution in [0.2, 0.25) is 0 Å². The Labute approximate surface area is 188 Å². The Balaban J connectivity index is 2.35. The van der Waals surface area contributed by atoms with Crippen LogP contribution in [0.15, 0.2) is 48.5 Å². The summed E-state index contributed by atoms with van der Waals surface area (Å²) >= 11 is 3.63. The van der Waals surface area contributed by atoms with Crippen LogP contribution in [0.1, 0.15) is 52.7 Å². The van der Waals surface area contributed by atoms with Gasteiger partial charge in [-0.2, -0.15) is 0 Å². The molecule has 2 rings (SSSR count). The third-order valence-electron chi connectivity index (χ3n) is 4.36. The average Bonchev–Trinajstić information content (AvgIpc) is 2.68. The van der Waals surface area contributed by atoms with Gasteiger partial charge in [0.2, 0.25) is 0 Å². The molecule has 0 saturated carbocycles. The van der Waals surface area contributed by atoms with Crippen molar-refractivity contribution in [3.63, 3.8) is 0 Å². The molecule has 0 atom stereocenters. The molecule has 2 aromatic rings. The molecule has 0 amide bonds. The van der Waals surface area contributed by atoms with Gasteiger partial charge in [0.25, 0.3) is 0 Å². The highest BCUT2D eigenvalue weighted by Gasteiger charge is 2.36. The fraction of sp³-hybridized carbons (Fsp3) is 0.458. The molecule has 6 heteroatoms. The van der Waals surface area contributed by atoms with Gasteiger partial charge < -0.3 is 9.47 Å². The maximum absolute atomic E-state index is 13.5. The molecule has 0 unspecified atom stereocenters. The van der Waals surface area contributed by atoms with E-state index in [1.807, 2.05) is 73.8 Å². The predicted molar refractivity (Wildman–Crippen MR) is 126 cm³/mol. The molecule has 0 saturated heterocycles. The van der Waals surface area contributed by atoms with E-state index in [0.717, 1.165) is 22.6 Å². The van der Waals surface area contributed by atoms with E-state index in [4.69, 9.17) is 9.47 Å². The molecule has 0 N–H and O–H groups in total. The van der Waals surface area contributed by atoms with Crippen molar-refractivity contribution in [2.75, 3.05) is 11.5 Å². The molecule has 0 heterocycles. The van der Waals surface area contributed by atoms with Gasteiger partial charge in [-0.25, -0.2) is 9.18 Å². The van der Waals surface area contributed by atoms with Crippen LogP contribution in [0.4, 0.5) is 4.39 Å². The maximum Gasteiger partial charge on any atom is 0.350 e. The van der Waals surface area contributed by atoms with Crippen molar-refractivity contribution < 1.29 is 18.7 Å². The van der Waals surface area contributed by atoms with Gasteiger partial charge in [0.1, 0.15) is 15.6 Å². The van der Waals surface area contributed by atoms with E-state index in [0.29, 0.717) is 5.75 Å². The lowest BCUT2D eigenvalue weighted by atomic mass is 10.0. The van der Waals surface area contributed by atoms with Crippen molar-refractivity contribution in [1.29, 1.82) is 0 Å². The minimum atomic E-state index is -1.09. The molecule has 0 aliphatic rings. The highest BCUT2D eigenvalue weighted by molar-refractivity contribution is 8.17. The Morgan fingerprint density at radius 1 is 0.933 bits per heavy atom. The number of hydrogen-bond donors (Lipinski definition) is 0. The van der Waals surface area contributed by atoms with Crippen molar-refractivity contribution >= 4 is 29.5 Å². The van der Waals surface area contributed by atoms with Crippen molar-refractivity contribution in [3.8, 4) is 5.75 Å². The molecule has 0 bridgehead atoms. The van der Waals surface area contributed by atoms with Gasteiger partial charge >= 0.3 is 5.97 Å². The average molecular weight is 451 g/mol. The lowest BCUT2D eigenvalue weighted by Gasteiger charge is -2.34. The highest BCUT2D eigenvalue weighted by atomic mass is 32.2. The normalized spacial score (nSPS) is 12.1. The Morgan fingerprint density at radius 3 is 1.83 bits per heavy atom. The van der Waals surface area contributed by atoms with Gasteiger partial charge in [-0.05, 0) is 74.6 Å². The van der Waals surface area contributed by atoms with E-state index < -0.39 is 11.6 Å². The van der Waals surface area contributed by atoms with E-state index in [-0.39, 0.29) is 16.0 Å². The van der Waals surface area contributed by atoms with Crippen LogP contribution < -0.4 is 4.74 Å². The number of carbonyl (C=O) groups excluding carboxylic acids is 1. The van der Waals surface area contributed by atoms with E-state index in [2.05, 4.69) is 13.8 Å². The minimum Gasteiger partial charge on any atom is -0.476 e. The van der Waals surface area contributed by atoms with Crippen molar-refractivity contribution in [3.05, 3.63) is 65.5 Å². The van der Waals surface area contributed by atoms with Crippen LogP contribution in [-0.4, -0.2) is 29.2 Å². The van der Waals surface area contributed by atoms with Crippen LogP contribution in [0, 0.1) is 5.82 Å². The maximum atomic E-state index is 13.5. The first kappa shape index (κ1) is 24.6. The van der Waals surface area contributed by atoms with Crippen LogP contribution in [0.25, 0.3) is 0 Å². The summed E-state index contributed by atoms with van der Waals surface area (Å²) in [7, 11) is 0. The van der Waals surface area contributed by atoms with Gasteiger partial charge in [0, 0.05) is 0 Å². The van der Waals surface area contributed by atoms with Gasteiger partial charge in [-0.1, -0.05) is 38.1 Å². The van der Waals surface area contributed by atoms with Gasteiger partial charge in [0.15, 0.2) is 5.60 Å². The van der Waals surface area contributed by atoms with Crippen molar-refractivity contribution in [2.24, 2.45) is 0 Å². The topological polar surface area (TPSA) is 35.5 Å². The SMILES string of the molecule is CCSC(SCC)(c1ccc(F)cc1)c1ccc(OC(C)(C)C(=O)OC(C)C)cc1. The molecule has 0 aliphatic carbocycles. The van der Waals surface area contributed by atoms with Gasteiger partial charge in [-0.3, -0.25) is 0 Å². The summed E-state index contributed by atoms with van der Waals surface area (Å²) in [6.45, 7) is 11.3. The Kier molecular flexibility index (Phi) is 8.68. The van der Waals surface area contributed by atoms with E-state index in [1.54, 1.807) is 13.8 Å².